The number of nitrogens with zero attached hydrogens (tertiary/aromatic N) is 1. The van der Waals surface area contributed by atoms with Gasteiger partial charge in [0.05, 0.1) is 0 Å². The average Bonchev–Trinajstić information content (AvgIpc) is 2.17. The maximum Gasteiger partial charge on any atom is 0.319 e. The highest BCUT2D eigenvalue weighted by atomic mass is 16.3. The van der Waals surface area contributed by atoms with Gasteiger partial charge in [0.25, 0.3) is 0 Å². The van der Waals surface area contributed by atoms with Crippen LogP contribution in [0.4, 0.5) is 0 Å². The van der Waals surface area contributed by atoms with Crippen molar-refractivity contribution >= 4 is 5.91 Å². The summed E-state index contributed by atoms with van der Waals surface area (Å²) in [5.74, 6) is -1.07. The first kappa shape index (κ1) is 8.55. The Hall–Kier alpha value is -1.55. The smallest absolute Gasteiger partial charge is 0.319 e. The first-order valence-electron chi connectivity index (χ1n) is 3.36. The number of aliphatic hydroxyl groups excluding tert-OH is 1. The zero-order valence-corrected chi connectivity index (χ0v) is 6.18. The van der Waals surface area contributed by atoms with Crippen LogP contribution in [0.3, 0.4) is 0 Å². The van der Waals surface area contributed by atoms with Crippen molar-refractivity contribution < 1.29 is 9.90 Å². The van der Waals surface area contributed by atoms with E-state index < -0.39 is 12.0 Å². The van der Waals surface area contributed by atoms with E-state index in [4.69, 9.17) is 5.11 Å². The summed E-state index contributed by atoms with van der Waals surface area (Å²) in [5.41, 5.74) is 0.377. The van der Waals surface area contributed by atoms with Gasteiger partial charge in [-0.05, 0) is 5.56 Å². The minimum atomic E-state index is -1.43. The third-order valence-corrected chi connectivity index (χ3v) is 1.44. The lowest BCUT2D eigenvalue weighted by atomic mass is 10.1. The maximum absolute atomic E-state index is 10.6. The van der Waals surface area contributed by atoms with Crippen molar-refractivity contribution in [1.82, 2.24) is 0 Å². The minimum absolute atomic E-state index is 0.377. The van der Waals surface area contributed by atoms with Gasteiger partial charge in [-0.3, -0.25) is 4.79 Å². The van der Waals surface area contributed by atoms with E-state index in [9.17, 15) is 9.70 Å². The van der Waals surface area contributed by atoms with E-state index in [1.165, 1.54) is 0 Å². The summed E-state index contributed by atoms with van der Waals surface area (Å²) >= 11 is 0. The number of aliphatic hydroxyl groups is 1. The third kappa shape index (κ3) is 1.73. The van der Waals surface area contributed by atoms with Crippen molar-refractivity contribution in [2.45, 2.75) is 6.10 Å². The van der Waals surface area contributed by atoms with Crippen LogP contribution in [0.25, 0.3) is 0 Å². The molecule has 0 aliphatic heterocycles. The Kier molecular flexibility index (Phi) is 2.66. The van der Waals surface area contributed by atoms with Gasteiger partial charge in [0, 0.05) is 5.18 Å². The summed E-state index contributed by atoms with van der Waals surface area (Å²) in [6.45, 7) is 0. The Morgan fingerprint density at radius 2 is 1.92 bits per heavy atom. The predicted octanol–water partition coefficient (Wildman–Crippen LogP) is 1.01. The van der Waals surface area contributed by atoms with E-state index in [-0.39, 0.29) is 0 Å². The lowest BCUT2D eigenvalue weighted by Crippen LogP contribution is -2.07. The summed E-state index contributed by atoms with van der Waals surface area (Å²) in [7, 11) is 0. The molecule has 4 heteroatoms. The SMILES string of the molecule is O=NC(=O)[C@H](O)c1ccccc1. The van der Waals surface area contributed by atoms with Gasteiger partial charge >= 0.3 is 5.91 Å². The van der Waals surface area contributed by atoms with Gasteiger partial charge in [0.2, 0.25) is 0 Å². The van der Waals surface area contributed by atoms with Crippen molar-refractivity contribution in [2.75, 3.05) is 0 Å². The van der Waals surface area contributed by atoms with Crippen LogP contribution in [0.15, 0.2) is 35.5 Å². The molecule has 0 fully saturated rings. The molecule has 0 saturated carbocycles. The van der Waals surface area contributed by atoms with E-state index in [1.807, 2.05) is 0 Å². The van der Waals surface area contributed by atoms with Crippen LogP contribution in [-0.4, -0.2) is 11.0 Å². The molecule has 1 aromatic carbocycles. The monoisotopic (exact) mass is 165 g/mol. The molecule has 0 aliphatic carbocycles. The van der Waals surface area contributed by atoms with E-state index in [2.05, 4.69) is 5.18 Å². The molecule has 4 nitrogen and oxygen atoms in total. The third-order valence-electron chi connectivity index (χ3n) is 1.44. The molecule has 1 rings (SSSR count). The summed E-state index contributed by atoms with van der Waals surface area (Å²) < 4.78 is 0. The lowest BCUT2D eigenvalue weighted by molar-refractivity contribution is -0.126. The molecule has 12 heavy (non-hydrogen) atoms. The highest BCUT2D eigenvalue weighted by molar-refractivity contribution is 5.82. The maximum atomic E-state index is 10.6. The van der Waals surface area contributed by atoms with Crippen molar-refractivity contribution in [3.63, 3.8) is 0 Å². The molecule has 0 heterocycles. The standard InChI is InChI=1S/C8H7NO3/c10-7(8(11)9-12)6-4-2-1-3-5-6/h1-5,7,10H/t7-/m1/s1. The van der Waals surface area contributed by atoms with Gasteiger partial charge in [0.1, 0.15) is 0 Å². The molecule has 0 unspecified atom stereocenters. The number of amides is 1. The topological polar surface area (TPSA) is 66.7 Å². The largest absolute Gasteiger partial charge is 0.378 e. The zero-order chi connectivity index (χ0) is 8.97. The van der Waals surface area contributed by atoms with Gasteiger partial charge in [0.15, 0.2) is 6.10 Å². The number of rotatable bonds is 2. The molecule has 0 spiro atoms. The van der Waals surface area contributed by atoms with E-state index in [1.54, 1.807) is 30.3 Å². The summed E-state index contributed by atoms with van der Waals surface area (Å²) in [6, 6.07) is 8.17. The highest BCUT2D eigenvalue weighted by Gasteiger charge is 2.16. The number of nitroso groups, excluding NO2 is 1. The first-order valence-corrected chi connectivity index (χ1v) is 3.36. The molecular formula is C8H7NO3. The molecule has 0 aliphatic rings. The van der Waals surface area contributed by atoms with E-state index >= 15 is 0 Å². The molecule has 1 aromatic rings. The van der Waals surface area contributed by atoms with Gasteiger partial charge in [-0.2, -0.15) is 0 Å². The van der Waals surface area contributed by atoms with Crippen LogP contribution in [0.1, 0.15) is 11.7 Å². The average molecular weight is 165 g/mol. The van der Waals surface area contributed by atoms with Gasteiger partial charge in [-0.25, -0.2) is 0 Å². The molecule has 1 amide bonds. The minimum Gasteiger partial charge on any atom is -0.378 e. The van der Waals surface area contributed by atoms with Crippen molar-refractivity contribution in [2.24, 2.45) is 5.18 Å². The van der Waals surface area contributed by atoms with Crippen LogP contribution >= 0.6 is 0 Å². The van der Waals surface area contributed by atoms with Crippen molar-refractivity contribution in [3.8, 4) is 0 Å². The van der Waals surface area contributed by atoms with Crippen LogP contribution in [-0.2, 0) is 4.79 Å². The molecule has 1 N–H and O–H groups in total. The second-order valence-corrected chi connectivity index (χ2v) is 2.24. The Morgan fingerprint density at radius 1 is 1.33 bits per heavy atom. The second kappa shape index (κ2) is 3.73. The Morgan fingerprint density at radius 3 is 2.42 bits per heavy atom. The van der Waals surface area contributed by atoms with E-state index in [0.717, 1.165) is 0 Å². The number of benzene rings is 1. The Balaban J connectivity index is 2.85. The molecular weight excluding hydrogens is 158 g/mol. The van der Waals surface area contributed by atoms with Crippen LogP contribution in [0, 0.1) is 4.91 Å². The second-order valence-electron chi connectivity index (χ2n) is 2.24. The first-order chi connectivity index (χ1) is 5.75. The molecule has 0 bridgehead atoms. The zero-order valence-electron chi connectivity index (χ0n) is 6.18. The fraction of sp³-hybridized carbons (Fsp3) is 0.125. The number of hydrogen-bond acceptors (Lipinski definition) is 3. The van der Waals surface area contributed by atoms with Crippen LogP contribution in [0.5, 0.6) is 0 Å². The molecule has 0 saturated heterocycles. The molecule has 62 valence electrons. The number of carbonyl (C=O) groups excluding carboxylic acids is 1. The highest BCUT2D eigenvalue weighted by Crippen LogP contribution is 2.12. The van der Waals surface area contributed by atoms with Crippen molar-refractivity contribution in [3.05, 3.63) is 40.8 Å². The lowest BCUT2D eigenvalue weighted by Gasteiger charge is -2.02. The molecule has 0 aromatic heterocycles. The van der Waals surface area contributed by atoms with Crippen LogP contribution < -0.4 is 0 Å². The van der Waals surface area contributed by atoms with Gasteiger partial charge in [-0.1, -0.05) is 30.3 Å². The fourth-order valence-electron chi connectivity index (χ4n) is 0.828. The van der Waals surface area contributed by atoms with Gasteiger partial charge < -0.3 is 5.11 Å². The molecule has 0 radical (unpaired) electrons. The van der Waals surface area contributed by atoms with Crippen LogP contribution in [0.2, 0.25) is 0 Å². The van der Waals surface area contributed by atoms with Crippen molar-refractivity contribution in [1.29, 1.82) is 0 Å². The molecule has 1 atom stereocenters. The number of carbonyl (C=O) groups is 1. The number of hydrogen-bond donors (Lipinski definition) is 1. The fourth-order valence-corrected chi connectivity index (χ4v) is 0.828. The predicted molar refractivity (Wildman–Crippen MR) is 42.2 cm³/mol. The Labute approximate surface area is 68.8 Å². The summed E-state index contributed by atoms with van der Waals surface area (Å²) in [6.07, 6.45) is -1.43. The summed E-state index contributed by atoms with van der Waals surface area (Å²) in [5, 5.41) is 11.3. The Bertz CT molecular complexity index is 284. The normalized spacial score (nSPS) is 12.1. The van der Waals surface area contributed by atoms with Gasteiger partial charge in [-0.15, -0.1) is 4.91 Å². The summed E-state index contributed by atoms with van der Waals surface area (Å²) in [4.78, 5) is 20.3. The quantitative estimate of drug-likeness (QED) is 0.665. The van der Waals surface area contributed by atoms with E-state index in [0.29, 0.717) is 5.56 Å².